The van der Waals surface area contributed by atoms with Gasteiger partial charge in [0.1, 0.15) is 11.6 Å². The molecule has 0 aliphatic rings. The SMILES string of the molecule is CC(NCCN(C)C)c1nc2ccccc2c(=O)n1-c1ccc(F)cc1. The van der Waals surface area contributed by atoms with Crippen LogP contribution in [0.5, 0.6) is 0 Å². The summed E-state index contributed by atoms with van der Waals surface area (Å²) in [6.07, 6.45) is 0. The largest absolute Gasteiger partial charge is 0.308 e. The van der Waals surface area contributed by atoms with Crippen LogP contribution in [0.1, 0.15) is 18.8 Å². The number of benzene rings is 2. The topological polar surface area (TPSA) is 50.2 Å². The van der Waals surface area contributed by atoms with Crippen LogP contribution in [0.2, 0.25) is 0 Å². The lowest BCUT2D eigenvalue weighted by Gasteiger charge is -2.20. The van der Waals surface area contributed by atoms with Crippen LogP contribution in [0.3, 0.4) is 0 Å². The summed E-state index contributed by atoms with van der Waals surface area (Å²) in [5.41, 5.74) is 1.11. The standard InChI is InChI=1S/C20H23FN4O/c1-14(22-12-13-24(2)3)19-23-18-7-5-4-6-17(18)20(26)25(19)16-10-8-15(21)9-11-16/h4-11,14,22H,12-13H2,1-3H3. The van der Waals surface area contributed by atoms with E-state index in [4.69, 9.17) is 4.98 Å². The summed E-state index contributed by atoms with van der Waals surface area (Å²) in [5.74, 6) is 0.272. The van der Waals surface area contributed by atoms with Gasteiger partial charge in [-0.1, -0.05) is 12.1 Å². The van der Waals surface area contributed by atoms with Gasteiger partial charge >= 0.3 is 0 Å². The van der Waals surface area contributed by atoms with E-state index >= 15 is 0 Å². The van der Waals surface area contributed by atoms with Gasteiger partial charge in [-0.3, -0.25) is 9.36 Å². The molecule has 0 amide bonds. The highest BCUT2D eigenvalue weighted by Gasteiger charge is 2.17. The minimum absolute atomic E-state index is 0.141. The van der Waals surface area contributed by atoms with Crippen molar-refractivity contribution in [2.24, 2.45) is 0 Å². The highest BCUT2D eigenvalue weighted by Crippen LogP contribution is 2.18. The second-order valence-corrected chi connectivity index (χ2v) is 6.58. The van der Waals surface area contributed by atoms with E-state index in [-0.39, 0.29) is 17.4 Å². The molecule has 3 aromatic rings. The molecule has 5 nitrogen and oxygen atoms in total. The molecule has 0 aliphatic heterocycles. The summed E-state index contributed by atoms with van der Waals surface area (Å²) in [6, 6.07) is 13.0. The minimum atomic E-state index is -0.339. The summed E-state index contributed by atoms with van der Waals surface area (Å²) in [5, 5.41) is 3.95. The Labute approximate surface area is 152 Å². The fourth-order valence-corrected chi connectivity index (χ4v) is 2.88. The van der Waals surface area contributed by atoms with Crippen LogP contribution in [0, 0.1) is 5.82 Å². The number of likely N-dealkylation sites (N-methyl/N-ethyl adjacent to an activating group) is 1. The number of nitrogens with zero attached hydrogens (tertiary/aromatic N) is 3. The third kappa shape index (κ3) is 3.81. The van der Waals surface area contributed by atoms with E-state index in [1.807, 2.05) is 39.2 Å². The Morgan fingerprint density at radius 3 is 2.54 bits per heavy atom. The van der Waals surface area contributed by atoms with Gasteiger partial charge in [0.2, 0.25) is 0 Å². The number of halogens is 1. The van der Waals surface area contributed by atoms with Gasteiger partial charge < -0.3 is 10.2 Å². The van der Waals surface area contributed by atoms with Crippen LogP contribution in [-0.4, -0.2) is 41.6 Å². The van der Waals surface area contributed by atoms with Crippen LogP contribution < -0.4 is 10.9 Å². The maximum absolute atomic E-state index is 13.3. The molecule has 1 N–H and O–H groups in total. The van der Waals surface area contributed by atoms with Crippen molar-refractivity contribution in [3.8, 4) is 5.69 Å². The fraction of sp³-hybridized carbons (Fsp3) is 0.300. The average molecular weight is 354 g/mol. The van der Waals surface area contributed by atoms with E-state index in [0.29, 0.717) is 22.4 Å². The van der Waals surface area contributed by atoms with Crippen LogP contribution in [-0.2, 0) is 0 Å². The van der Waals surface area contributed by atoms with Crippen LogP contribution in [0.25, 0.3) is 16.6 Å². The number of nitrogens with one attached hydrogen (secondary N) is 1. The molecule has 1 atom stereocenters. The third-order valence-corrected chi connectivity index (χ3v) is 4.28. The van der Waals surface area contributed by atoms with Crippen molar-refractivity contribution >= 4 is 10.9 Å². The molecule has 1 heterocycles. The fourth-order valence-electron chi connectivity index (χ4n) is 2.88. The van der Waals surface area contributed by atoms with E-state index in [1.54, 1.807) is 22.8 Å². The normalized spacial score (nSPS) is 12.7. The molecule has 0 bridgehead atoms. The van der Waals surface area contributed by atoms with Crippen molar-refractivity contribution in [2.75, 3.05) is 27.2 Å². The van der Waals surface area contributed by atoms with E-state index in [0.717, 1.165) is 13.1 Å². The molecule has 0 spiro atoms. The molecule has 3 rings (SSSR count). The van der Waals surface area contributed by atoms with Crippen molar-refractivity contribution < 1.29 is 4.39 Å². The number of aromatic nitrogens is 2. The number of fused-ring (bicyclic) bond motifs is 1. The molecule has 26 heavy (non-hydrogen) atoms. The molecule has 136 valence electrons. The predicted molar refractivity (Wildman–Crippen MR) is 102 cm³/mol. The first kappa shape index (κ1) is 18.2. The van der Waals surface area contributed by atoms with Gasteiger partial charge in [-0.15, -0.1) is 0 Å². The van der Waals surface area contributed by atoms with Gasteiger partial charge in [0.25, 0.3) is 5.56 Å². The summed E-state index contributed by atoms with van der Waals surface area (Å²) in [6.45, 7) is 3.62. The molecule has 0 saturated carbocycles. The average Bonchev–Trinajstić information content (AvgIpc) is 2.62. The van der Waals surface area contributed by atoms with Crippen molar-refractivity contribution in [1.29, 1.82) is 0 Å². The van der Waals surface area contributed by atoms with E-state index < -0.39 is 0 Å². The molecular formula is C20H23FN4O. The van der Waals surface area contributed by atoms with Crippen LogP contribution in [0.4, 0.5) is 4.39 Å². The highest BCUT2D eigenvalue weighted by atomic mass is 19.1. The zero-order chi connectivity index (χ0) is 18.7. The zero-order valence-electron chi connectivity index (χ0n) is 15.2. The maximum Gasteiger partial charge on any atom is 0.266 e. The lowest BCUT2D eigenvalue weighted by atomic mass is 10.2. The Bertz CT molecular complexity index is 950. The van der Waals surface area contributed by atoms with Crippen LogP contribution in [0.15, 0.2) is 53.3 Å². The van der Waals surface area contributed by atoms with Crippen molar-refractivity contribution in [3.05, 3.63) is 70.5 Å². The summed E-state index contributed by atoms with van der Waals surface area (Å²) < 4.78 is 14.9. The molecule has 6 heteroatoms. The molecule has 0 radical (unpaired) electrons. The van der Waals surface area contributed by atoms with Crippen molar-refractivity contribution in [3.63, 3.8) is 0 Å². The Kier molecular flexibility index (Phi) is 5.44. The number of para-hydroxylation sites is 1. The first-order chi connectivity index (χ1) is 12.5. The quantitative estimate of drug-likeness (QED) is 0.740. The lowest BCUT2D eigenvalue weighted by molar-refractivity contribution is 0.385. The van der Waals surface area contributed by atoms with Gasteiger partial charge in [0, 0.05) is 13.1 Å². The summed E-state index contributed by atoms with van der Waals surface area (Å²) in [4.78, 5) is 19.9. The van der Waals surface area contributed by atoms with Crippen molar-refractivity contribution in [1.82, 2.24) is 19.8 Å². The first-order valence-corrected chi connectivity index (χ1v) is 8.63. The highest BCUT2D eigenvalue weighted by molar-refractivity contribution is 5.77. The van der Waals surface area contributed by atoms with Crippen LogP contribution >= 0.6 is 0 Å². The molecular weight excluding hydrogens is 331 g/mol. The number of rotatable bonds is 6. The Hall–Kier alpha value is -2.57. The number of hydrogen-bond donors (Lipinski definition) is 1. The second kappa shape index (κ2) is 7.76. The Morgan fingerprint density at radius 2 is 1.85 bits per heavy atom. The molecule has 0 saturated heterocycles. The zero-order valence-corrected chi connectivity index (χ0v) is 15.2. The Balaban J connectivity index is 2.11. The van der Waals surface area contributed by atoms with Gasteiger partial charge in [0.15, 0.2) is 0 Å². The molecule has 1 unspecified atom stereocenters. The summed E-state index contributed by atoms with van der Waals surface area (Å²) >= 11 is 0. The molecule has 0 aliphatic carbocycles. The third-order valence-electron chi connectivity index (χ3n) is 4.28. The predicted octanol–water partition coefficient (Wildman–Crippen LogP) is 2.74. The second-order valence-electron chi connectivity index (χ2n) is 6.58. The first-order valence-electron chi connectivity index (χ1n) is 8.63. The number of hydrogen-bond acceptors (Lipinski definition) is 4. The summed E-state index contributed by atoms with van der Waals surface area (Å²) in [7, 11) is 4.02. The smallest absolute Gasteiger partial charge is 0.266 e. The lowest BCUT2D eigenvalue weighted by Crippen LogP contribution is -2.33. The van der Waals surface area contributed by atoms with Gasteiger partial charge in [-0.25, -0.2) is 9.37 Å². The molecule has 2 aromatic carbocycles. The minimum Gasteiger partial charge on any atom is -0.308 e. The van der Waals surface area contributed by atoms with Gasteiger partial charge in [-0.05, 0) is 57.4 Å². The van der Waals surface area contributed by atoms with Gasteiger partial charge in [0.05, 0.1) is 22.6 Å². The monoisotopic (exact) mass is 354 g/mol. The van der Waals surface area contributed by atoms with Gasteiger partial charge in [-0.2, -0.15) is 0 Å². The van der Waals surface area contributed by atoms with E-state index in [2.05, 4.69) is 10.2 Å². The van der Waals surface area contributed by atoms with E-state index in [9.17, 15) is 9.18 Å². The molecule has 1 aromatic heterocycles. The Morgan fingerprint density at radius 1 is 1.15 bits per heavy atom. The van der Waals surface area contributed by atoms with Crippen molar-refractivity contribution in [2.45, 2.75) is 13.0 Å². The maximum atomic E-state index is 13.3. The molecule has 0 fully saturated rings. The van der Waals surface area contributed by atoms with E-state index in [1.165, 1.54) is 12.1 Å².